The number of para-hydroxylation sites is 1. The van der Waals surface area contributed by atoms with Crippen molar-refractivity contribution in [2.45, 2.75) is 11.7 Å². The topological polar surface area (TPSA) is 85.6 Å². The van der Waals surface area contributed by atoms with E-state index in [1.54, 1.807) is 0 Å². The molecule has 0 unspecified atom stereocenters. The number of fused-ring (bicyclic) bond motifs is 4. The number of nitrogens with one attached hydrogen (secondary N) is 1. The third-order valence-electron chi connectivity index (χ3n) is 5.47. The molecule has 10 heteroatoms. The molecular weight excluding hydrogens is 500 g/mol. The van der Waals surface area contributed by atoms with Gasteiger partial charge in [0.25, 0.3) is 0 Å². The van der Waals surface area contributed by atoms with Crippen molar-refractivity contribution in [1.82, 2.24) is 24.7 Å². The van der Waals surface area contributed by atoms with Crippen molar-refractivity contribution in [2.24, 2.45) is 0 Å². The lowest BCUT2D eigenvalue weighted by Gasteiger charge is -2.07. The Hall–Kier alpha value is -3.53. The fraction of sp³-hybridized carbons (Fsp3) is 0.0800. The van der Waals surface area contributed by atoms with Gasteiger partial charge in [0, 0.05) is 17.0 Å². The molecule has 6 aromatic rings. The Bertz CT molecular complexity index is 1670. The standard InChI is InChI=1S/C25H17ClN6OS2/c26-16-10-11-19-17(12-16)22-23(32(19)13-15-6-2-1-3-7-15)29-25(31-30-22)34-14-21(33)28-24-27-18-8-4-5-9-20(18)35-24/h1-12H,13-14H2,(H,27,28,33). The summed E-state index contributed by atoms with van der Waals surface area (Å²) in [6.45, 7) is 0.628. The van der Waals surface area contributed by atoms with Gasteiger partial charge in [-0.2, -0.15) is 0 Å². The maximum absolute atomic E-state index is 12.6. The Balaban J connectivity index is 1.27. The molecule has 3 aromatic heterocycles. The highest BCUT2D eigenvalue weighted by Gasteiger charge is 2.17. The van der Waals surface area contributed by atoms with Crippen molar-refractivity contribution < 1.29 is 4.79 Å². The van der Waals surface area contributed by atoms with Crippen LogP contribution in [0.15, 0.2) is 78.0 Å². The van der Waals surface area contributed by atoms with Gasteiger partial charge in [-0.1, -0.05) is 77.2 Å². The fourth-order valence-corrected chi connectivity index (χ4v) is 5.55. The number of carbonyl (C=O) groups excluding carboxylic acids is 1. The largest absolute Gasteiger partial charge is 0.319 e. The molecule has 0 saturated carbocycles. The van der Waals surface area contributed by atoms with Gasteiger partial charge < -0.3 is 9.88 Å². The number of halogens is 1. The Morgan fingerprint density at radius 2 is 1.83 bits per heavy atom. The van der Waals surface area contributed by atoms with Crippen molar-refractivity contribution in [1.29, 1.82) is 0 Å². The van der Waals surface area contributed by atoms with Gasteiger partial charge in [0.05, 0.1) is 21.5 Å². The summed E-state index contributed by atoms with van der Waals surface area (Å²) >= 11 is 8.95. The number of rotatable bonds is 6. The van der Waals surface area contributed by atoms with E-state index in [0.29, 0.717) is 33.0 Å². The molecule has 7 nitrogen and oxygen atoms in total. The molecule has 0 aliphatic rings. The number of hydrogen-bond acceptors (Lipinski definition) is 7. The maximum atomic E-state index is 12.6. The van der Waals surface area contributed by atoms with Crippen molar-refractivity contribution in [3.05, 3.63) is 83.4 Å². The summed E-state index contributed by atoms with van der Waals surface area (Å²) in [6.07, 6.45) is 0. The predicted octanol–water partition coefficient (Wildman–Crippen LogP) is 6.02. The summed E-state index contributed by atoms with van der Waals surface area (Å²) in [4.78, 5) is 21.8. The van der Waals surface area contributed by atoms with E-state index in [-0.39, 0.29) is 11.7 Å². The normalized spacial score (nSPS) is 11.5. The molecule has 0 spiro atoms. The SMILES string of the molecule is O=C(CSc1nnc2c3cc(Cl)ccc3n(Cc3ccccc3)c2n1)Nc1nc2ccccc2s1. The lowest BCUT2D eigenvalue weighted by Crippen LogP contribution is -2.14. The van der Waals surface area contributed by atoms with Gasteiger partial charge in [0.15, 0.2) is 10.8 Å². The van der Waals surface area contributed by atoms with E-state index >= 15 is 0 Å². The van der Waals surface area contributed by atoms with Gasteiger partial charge >= 0.3 is 0 Å². The van der Waals surface area contributed by atoms with Crippen molar-refractivity contribution in [3.8, 4) is 0 Å². The second kappa shape index (κ2) is 9.26. The Kier molecular flexibility index (Phi) is 5.81. The zero-order valence-electron chi connectivity index (χ0n) is 18.2. The summed E-state index contributed by atoms with van der Waals surface area (Å²) in [7, 11) is 0. The number of hydrogen-bond donors (Lipinski definition) is 1. The highest BCUT2D eigenvalue weighted by Crippen LogP contribution is 2.30. The monoisotopic (exact) mass is 516 g/mol. The van der Waals surface area contributed by atoms with Crippen LogP contribution in [0.2, 0.25) is 5.02 Å². The van der Waals surface area contributed by atoms with Crippen molar-refractivity contribution >= 4 is 78.0 Å². The minimum atomic E-state index is -0.172. The van der Waals surface area contributed by atoms with Gasteiger partial charge in [-0.05, 0) is 35.9 Å². The molecule has 0 bridgehead atoms. The van der Waals surface area contributed by atoms with Gasteiger partial charge in [0.1, 0.15) is 5.52 Å². The summed E-state index contributed by atoms with van der Waals surface area (Å²) in [5.74, 6) is -0.0252. The molecule has 0 fully saturated rings. The first-order valence-electron chi connectivity index (χ1n) is 10.8. The van der Waals surface area contributed by atoms with E-state index in [1.807, 2.05) is 60.7 Å². The third-order valence-corrected chi connectivity index (χ3v) is 7.49. The van der Waals surface area contributed by atoms with E-state index in [9.17, 15) is 4.79 Å². The molecule has 35 heavy (non-hydrogen) atoms. The van der Waals surface area contributed by atoms with Crippen LogP contribution in [0.5, 0.6) is 0 Å². The highest BCUT2D eigenvalue weighted by atomic mass is 35.5. The van der Waals surface area contributed by atoms with E-state index in [4.69, 9.17) is 16.6 Å². The molecule has 0 radical (unpaired) electrons. The molecule has 0 aliphatic heterocycles. The van der Waals surface area contributed by atoms with Gasteiger partial charge in [0.2, 0.25) is 11.1 Å². The van der Waals surface area contributed by atoms with Crippen LogP contribution in [0.25, 0.3) is 32.3 Å². The van der Waals surface area contributed by atoms with Crippen LogP contribution in [0.4, 0.5) is 5.13 Å². The van der Waals surface area contributed by atoms with Crippen molar-refractivity contribution in [3.63, 3.8) is 0 Å². The summed E-state index contributed by atoms with van der Waals surface area (Å²) in [6, 6.07) is 23.7. The molecule has 1 N–H and O–H groups in total. The van der Waals surface area contributed by atoms with Crippen LogP contribution in [-0.4, -0.2) is 36.4 Å². The maximum Gasteiger partial charge on any atom is 0.236 e. The smallest absolute Gasteiger partial charge is 0.236 e. The second-order valence-electron chi connectivity index (χ2n) is 7.82. The molecule has 3 heterocycles. The second-order valence-corrected chi connectivity index (χ2v) is 10.2. The van der Waals surface area contributed by atoms with Crippen LogP contribution in [0.3, 0.4) is 0 Å². The molecular formula is C25H17ClN6OS2. The average molecular weight is 517 g/mol. The number of thioether (sulfide) groups is 1. The Labute approximate surface area is 213 Å². The van der Waals surface area contributed by atoms with Crippen LogP contribution in [0, 0.1) is 0 Å². The average Bonchev–Trinajstić information content (AvgIpc) is 3.41. The lowest BCUT2D eigenvalue weighted by atomic mass is 10.2. The van der Waals surface area contributed by atoms with E-state index in [2.05, 4.69) is 37.2 Å². The lowest BCUT2D eigenvalue weighted by molar-refractivity contribution is -0.113. The third kappa shape index (κ3) is 4.45. The number of benzene rings is 3. The minimum absolute atomic E-state index is 0.147. The highest BCUT2D eigenvalue weighted by molar-refractivity contribution is 7.99. The zero-order valence-corrected chi connectivity index (χ0v) is 20.6. The van der Waals surface area contributed by atoms with Crippen LogP contribution >= 0.6 is 34.7 Å². The summed E-state index contributed by atoms with van der Waals surface area (Å²) in [5, 5.41) is 14.1. The van der Waals surface area contributed by atoms with Gasteiger partial charge in [-0.25, -0.2) is 9.97 Å². The number of anilines is 1. The molecule has 0 atom stereocenters. The zero-order chi connectivity index (χ0) is 23.8. The number of carbonyl (C=O) groups is 1. The summed E-state index contributed by atoms with van der Waals surface area (Å²) in [5.41, 5.74) is 4.37. The Morgan fingerprint density at radius 1 is 1.00 bits per heavy atom. The molecule has 172 valence electrons. The number of thiazole rings is 1. The number of amides is 1. The van der Waals surface area contributed by atoms with Gasteiger partial charge in [-0.3, -0.25) is 4.79 Å². The first-order valence-corrected chi connectivity index (χ1v) is 13.0. The van der Waals surface area contributed by atoms with Crippen LogP contribution in [0.1, 0.15) is 5.56 Å². The molecule has 3 aromatic carbocycles. The number of aromatic nitrogens is 5. The minimum Gasteiger partial charge on any atom is -0.319 e. The molecule has 0 saturated heterocycles. The van der Waals surface area contributed by atoms with Crippen LogP contribution in [-0.2, 0) is 11.3 Å². The molecule has 1 amide bonds. The molecule has 6 rings (SSSR count). The van der Waals surface area contributed by atoms with E-state index in [1.165, 1.54) is 23.1 Å². The van der Waals surface area contributed by atoms with E-state index in [0.717, 1.165) is 26.7 Å². The Morgan fingerprint density at radius 3 is 2.69 bits per heavy atom. The fourth-order valence-electron chi connectivity index (χ4n) is 3.91. The van der Waals surface area contributed by atoms with Gasteiger partial charge in [-0.15, -0.1) is 10.2 Å². The quantitative estimate of drug-likeness (QED) is 0.272. The van der Waals surface area contributed by atoms with Crippen LogP contribution < -0.4 is 5.32 Å². The predicted molar refractivity (Wildman–Crippen MR) is 142 cm³/mol. The first kappa shape index (κ1) is 22.0. The first-order chi connectivity index (χ1) is 17.1. The molecule has 0 aliphatic carbocycles. The summed E-state index contributed by atoms with van der Waals surface area (Å²) < 4.78 is 3.13. The van der Waals surface area contributed by atoms with E-state index < -0.39 is 0 Å². The van der Waals surface area contributed by atoms with Crippen molar-refractivity contribution in [2.75, 3.05) is 11.1 Å². The number of nitrogens with zero attached hydrogens (tertiary/aromatic N) is 5.